The first kappa shape index (κ1) is 13.1. The van der Waals surface area contributed by atoms with Gasteiger partial charge in [0, 0.05) is 0 Å². The molecule has 0 aliphatic carbocycles. The molecule has 0 amide bonds. The molecule has 18 heavy (non-hydrogen) atoms. The van der Waals surface area contributed by atoms with Crippen LogP contribution in [0.2, 0.25) is 0 Å². The lowest BCUT2D eigenvalue weighted by Crippen LogP contribution is -2.32. The summed E-state index contributed by atoms with van der Waals surface area (Å²) in [6.07, 6.45) is -0.208. The molecule has 1 aromatic rings. The van der Waals surface area contributed by atoms with Crippen LogP contribution >= 0.6 is 22.9 Å². The summed E-state index contributed by atoms with van der Waals surface area (Å²) < 4.78 is 11.8. The average molecular weight is 360 g/mol. The zero-order valence-electron chi connectivity index (χ0n) is 9.88. The molecule has 0 radical (unpaired) electrons. The number of halogens is 1. The van der Waals surface area contributed by atoms with Gasteiger partial charge >= 0.3 is 5.97 Å². The number of benzene rings is 1. The minimum atomic E-state index is -0.774. The van der Waals surface area contributed by atoms with E-state index in [2.05, 4.69) is 5.10 Å². The van der Waals surface area contributed by atoms with E-state index < -0.39 is 12.2 Å². The van der Waals surface area contributed by atoms with Gasteiger partial charge in [-0.1, -0.05) is 30.3 Å². The molecular weight excluding hydrogens is 347 g/mol. The van der Waals surface area contributed by atoms with Crippen molar-refractivity contribution in [2.24, 2.45) is 5.10 Å². The highest BCUT2D eigenvalue weighted by Crippen LogP contribution is 2.20. The molecule has 0 N–H and O–H groups in total. The van der Waals surface area contributed by atoms with Crippen LogP contribution in [-0.4, -0.2) is 27.9 Å². The normalized spacial score (nSPS) is 18.2. The van der Waals surface area contributed by atoms with Crippen molar-refractivity contribution in [3.63, 3.8) is 0 Å². The van der Waals surface area contributed by atoms with Gasteiger partial charge < -0.3 is 9.47 Å². The Morgan fingerprint density at radius 3 is 2.89 bits per heavy atom. The Balaban J connectivity index is 1.97. The molecule has 1 heterocycles. The van der Waals surface area contributed by atoms with E-state index in [0.29, 0.717) is 18.9 Å². The fourth-order valence-electron chi connectivity index (χ4n) is 1.55. The monoisotopic (exact) mass is 360 g/mol. The first-order valence-electron chi connectivity index (χ1n) is 5.60. The quantitative estimate of drug-likeness (QED) is 0.469. The molecule has 0 saturated carbocycles. The van der Waals surface area contributed by atoms with Gasteiger partial charge in [-0.2, -0.15) is 3.22 Å². The molecule has 5 nitrogen and oxygen atoms in total. The SMILES string of the molecule is CCOC(=O)C1OC(Cc2ccccc2)=NN1I. The third-order valence-electron chi connectivity index (χ3n) is 2.33. The Bertz CT molecular complexity index is 450. The van der Waals surface area contributed by atoms with Gasteiger partial charge in [-0.3, -0.25) is 0 Å². The molecule has 1 atom stereocenters. The number of esters is 1. The summed E-state index contributed by atoms with van der Waals surface area (Å²) in [6, 6.07) is 9.83. The molecule has 1 aromatic carbocycles. The molecule has 1 aliphatic rings. The zero-order chi connectivity index (χ0) is 13.0. The van der Waals surface area contributed by atoms with Crippen molar-refractivity contribution in [1.29, 1.82) is 0 Å². The number of hydrogen-bond acceptors (Lipinski definition) is 5. The number of nitrogens with zero attached hydrogens (tertiary/aromatic N) is 2. The van der Waals surface area contributed by atoms with E-state index in [-0.39, 0.29) is 0 Å². The van der Waals surface area contributed by atoms with Crippen LogP contribution < -0.4 is 0 Å². The van der Waals surface area contributed by atoms with Crippen LogP contribution in [0, 0.1) is 0 Å². The minimum absolute atomic E-state index is 0.331. The smallest absolute Gasteiger partial charge is 0.371 e. The molecule has 0 aromatic heterocycles. The van der Waals surface area contributed by atoms with E-state index in [1.54, 1.807) is 6.92 Å². The van der Waals surface area contributed by atoms with Crippen LogP contribution in [0.15, 0.2) is 35.4 Å². The summed E-state index contributed by atoms with van der Waals surface area (Å²) in [5.41, 5.74) is 1.09. The number of rotatable bonds is 4. The Labute approximate surface area is 119 Å². The summed E-state index contributed by atoms with van der Waals surface area (Å²) in [5, 5.41) is 4.18. The highest BCUT2D eigenvalue weighted by Gasteiger charge is 2.34. The van der Waals surface area contributed by atoms with Crippen molar-refractivity contribution in [1.82, 2.24) is 3.22 Å². The standard InChI is InChI=1S/C12H13IN2O3/c1-2-17-12(16)11-15(13)14-10(18-11)8-9-6-4-3-5-7-9/h3-7,11H,2,8H2,1H3. The maximum atomic E-state index is 11.6. The van der Waals surface area contributed by atoms with E-state index in [1.807, 2.05) is 53.2 Å². The predicted octanol–water partition coefficient (Wildman–Crippen LogP) is 2.11. The zero-order valence-corrected chi connectivity index (χ0v) is 12.0. The molecule has 2 rings (SSSR count). The number of ether oxygens (including phenoxy) is 2. The predicted molar refractivity (Wildman–Crippen MR) is 74.9 cm³/mol. The van der Waals surface area contributed by atoms with Crippen molar-refractivity contribution in [2.75, 3.05) is 6.61 Å². The van der Waals surface area contributed by atoms with Crippen molar-refractivity contribution < 1.29 is 14.3 Å². The van der Waals surface area contributed by atoms with Crippen molar-refractivity contribution >= 4 is 34.7 Å². The molecule has 1 unspecified atom stereocenters. The fraction of sp³-hybridized carbons (Fsp3) is 0.333. The van der Waals surface area contributed by atoms with Gasteiger partial charge in [-0.25, -0.2) is 4.79 Å². The summed E-state index contributed by atoms with van der Waals surface area (Å²) in [4.78, 5) is 11.6. The van der Waals surface area contributed by atoms with Gasteiger partial charge in [0.15, 0.2) is 0 Å². The average Bonchev–Trinajstić information content (AvgIpc) is 2.72. The summed E-state index contributed by atoms with van der Waals surface area (Å²) in [6.45, 7) is 2.09. The lowest BCUT2D eigenvalue weighted by atomic mass is 10.1. The number of hydrogen-bond donors (Lipinski definition) is 0. The second-order valence-corrected chi connectivity index (χ2v) is 4.66. The van der Waals surface area contributed by atoms with E-state index in [9.17, 15) is 4.79 Å². The molecule has 0 saturated heterocycles. The van der Waals surface area contributed by atoms with E-state index in [4.69, 9.17) is 9.47 Å². The van der Waals surface area contributed by atoms with Crippen LogP contribution in [0.25, 0.3) is 0 Å². The summed E-state index contributed by atoms with van der Waals surface area (Å²) >= 11 is 1.93. The maximum absolute atomic E-state index is 11.6. The van der Waals surface area contributed by atoms with Crippen LogP contribution in [-0.2, 0) is 20.7 Å². The van der Waals surface area contributed by atoms with Crippen LogP contribution in [0.4, 0.5) is 0 Å². The Morgan fingerprint density at radius 1 is 1.50 bits per heavy atom. The van der Waals surface area contributed by atoms with Crippen LogP contribution in [0.5, 0.6) is 0 Å². The van der Waals surface area contributed by atoms with Gasteiger partial charge in [-0.05, 0) is 12.5 Å². The molecule has 0 spiro atoms. The van der Waals surface area contributed by atoms with Crippen LogP contribution in [0.1, 0.15) is 12.5 Å². The molecule has 0 bridgehead atoms. The van der Waals surface area contributed by atoms with Gasteiger partial charge in [0.05, 0.1) is 35.9 Å². The third-order valence-corrected chi connectivity index (χ3v) is 3.06. The highest BCUT2D eigenvalue weighted by atomic mass is 127. The Kier molecular flexibility index (Phi) is 4.40. The van der Waals surface area contributed by atoms with Crippen molar-refractivity contribution in [2.45, 2.75) is 19.6 Å². The number of carbonyl (C=O) groups excluding carboxylic acids is 1. The van der Waals surface area contributed by atoms with Gasteiger partial charge in [-0.15, -0.1) is 5.10 Å². The minimum Gasteiger partial charge on any atom is -0.462 e. The molecule has 0 fully saturated rings. The van der Waals surface area contributed by atoms with Crippen LogP contribution in [0.3, 0.4) is 0 Å². The maximum Gasteiger partial charge on any atom is 0.371 e. The first-order chi connectivity index (χ1) is 8.70. The lowest BCUT2D eigenvalue weighted by molar-refractivity contribution is -0.155. The second kappa shape index (κ2) is 6.03. The van der Waals surface area contributed by atoms with Crippen molar-refractivity contribution in [3.8, 4) is 0 Å². The van der Waals surface area contributed by atoms with Gasteiger partial charge in [0.2, 0.25) is 5.90 Å². The topological polar surface area (TPSA) is 51.1 Å². The van der Waals surface area contributed by atoms with Crippen molar-refractivity contribution in [3.05, 3.63) is 35.9 Å². The van der Waals surface area contributed by atoms with E-state index >= 15 is 0 Å². The molecule has 96 valence electrons. The van der Waals surface area contributed by atoms with Gasteiger partial charge in [0.25, 0.3) is 6.23 Å². The summed E-state index contributed by atoms with van der Waals surface area (Å²) in [5.74, 6) is 0.104. The Morgan fingerprint density at radius 2 is 2.22 bits per heavy atom. The molecular formula is C12H13IN2O3. The molecule has 1 aliphatic heterocycles. The highest BCUT2D eigenvalue weighted by molar-refractivity contribution is 14.1. The fourth-order valence-corrected chi connectivity index (χ4v) is 2.13. The van der Waals surface area contributed by atoms with E-state index in [1.165, 1.54) is 3.22 Å². The third kappa shape index (κ3) is 3.12. The molecule has 6 heteroatoms. The second-order valence-electron chi connectivity index (χ2n) is 3.67. The number of carbonyl (C=O) groups is 1. The lowest BCUT2D eigenvalue weighted by Gasteiger charge is -2.13. The largest absolute Gasteiger partial charge is 0.462 e. The first-order valence-corrected chi connectivity index (χ1v) is 6.57. The summed E-state index contributed by atoms with van der Waals surface area (Å²) in [7, 11) is 0. The Hall–Kier alpha value is -1.31. The van der Waals surface area contributed by atoms with Gasteiger partial charge in [0.1, 0.15) is 0 Å². The van der Waals surface area contributed by atoms with E-state index in [0.717, 1.165) is 5.56 Å². The number of hydrazone groups is 1.